The van der Waals surface area contributed by atoms with Crippen LogP contribution in [0.25, 0.3) is 0 Å². The Bertz CT molecular complexity index is 884. The van der Waals surface area contributed by atoms with Crippen molar-refractivity contribution in [1.82, 2.24) is 5.32 Å². The van der Waals surface area contributed by atoms with Gasteiger partial charge >= 0.3 is 0 Å². The van der Waals surface area contributed by atoms with E-state index in [9.17, 15) is 0 Å². The third kappa shape index (κ3) is 6.62. The maximum Gasteiger partial charge on any atom is 0.166 e. The predicted molar refractivity (Wildman–Crippen MR) is 123 cm³/mol. The molecular weight excluding hydrogens is 426 g/mol. The van der Waals surface area contributed by atoms with Gasteiger partial charge in [0, 0.05) is 22.6 Å². The van der Waals surface area contributed by atoms with E-state index in [0.29, 0.717) is 12.6 Å². The van der Waals surface area contributed by atoms with E-state index in [4.69, 9.17) is 9.47 Å². The topological polar surface area (TPSA) is 30.5 Å². The molecule has 0 bridgehead atoms. The molecule has 29 heavy (non-hydrogen) atoms. The highest BCUT2D eigenvalue weighted by Crippen LogP contribution is 2.35. The van der Waals surface area contributed by atoms with Gasteiger partial charge in [0.2, 0.25) is 0 Å². The van der Waals surface area contributed by atoms with Gasteiger partial charge in [0.25, 0.3) is 0 Å². The van der Waals surface area contributed by atoms with Crippen molar-refractivity contribution in [3.63, 3.8) is 0 Å². The summed E-state index contributed by atoms with van der Waals surface area (Å²) in [4.78, 5) is 0. The van der Waals surface area contributed by atoms with Crippen LogP contribution in [0.2, 0.25) is 0 Å². The van der Waals surface area contributed by atoms with Crippen LogP contribution in [0, 0.1) is 0 Å². The van der Waals surface area contributed by atoms with Crippen molar-refractivity contribution in [2.45, 2.75) is 39.0 Å². The number of halogens is 1. The largest absolute Gasteiger partial charge is 0.493 e. The lowest BCUT2D eigenvalue weighted by atomic mass is 10.1. The molecule has 1 atom stereocenters. The van der Waals surface area contributed by atoms with Crippen LogP contribution in [-0.4, -0.2) is 13.2 Å². The van der Waals surface area contributed by atoms with Crippen molar-refractivity contribution in [1.29, 1.82) is 0 Å². The lowest BCUT2D eigenvalue weighted by Gasteiger charge is -2.19. The molecule has 0 radical (unpaired) electrons. The van der Waals surface area contributed by atoms with E-state index in [0.717, 1.165) is 46.5 Å². The van der Waals surface area contributed by atoms with Gasteiger partial charge in [-0.05, 0) is 43.0 Å². The predicted octanol–water partition coefficient (Wildman–Crippen LogP) is 6.15. The van der Waals surface area contributed by atoms with Gasteiger partial charge < -0.3 is 14.8 Å². The Balaban J connectivity index is 1.64. The molecule has 3 aromatic rings. The Hall–Kier alpha value is -2.30. The number of methoxy groups -OCH3 is 1. The summed E-state index contributed by atoms with van der Waals surface area (Å²) in [5.41, 5.74) is 3.59. The Morgan fingerprint density at radius 2 is 1.59 bits per heavy atom. The lowest BCUT2D eigenvalue weighted by molar-refractivity contribution is 0.280. The number of hydrogen-bond donors (Lipinski definition) is 1. The van der Waals surface area contributed by atoms with Gasteiger partial charge in [0.05, 0.1) is 7.11 Å². The van der Waals surface area contributed by atoms with Crippen molar-refractivity contribution >= 4 is 15.9 Å². The van der Waals surface area contributed by atoms with Crippen LogP contribution in [-0.2, 0) is 19.6 Å². The van der Waals surface area contributed by atoms with E-state index in [2.05, 4.69) is 76.7 Å². The van der Waals surface area contributed by atoms with Gasteiger partial charge in [-0.2, -0.15) is 0 Å². The molecule has 4 heteroatoms. The molecule has 0 heterocycles. The molecule has 0 spiro atoms. The Kier molecular flexibility index (Phi) is 8.14. The summed E-state index contributed by atoms with van der Waals surface area (Å²) >= 11 is 3.59. The SMILES string of the molecule is COc1cc(Br)cc(CNC(C)CCc2ccccc2)c1OCc1ccccc1. The minimum Gasteiger partial charge on any atom is -0.493 e. The van der Waals surface area contributed by atoms with Gasteiger partial charge in [-0.3, -0.25) is 0 Å². The third-order valence-corrected chi connectivity index (χ3v) is 5.35. The van der Waals surface area contributed by atoms with Crippen LogP contribution in [0.4, 0.5) is 0 Å². The molecule has 0 saturated heterocycles. The van der Waals surface area contributed by atoms with Crippen molar-refractivity contribution in [2.24, 2.45) is 0 Å². The number of aryl methyl sites for hydroxylation is 1. The number of rotatable bonds is 10. The molecular formula is C25H28BrNO2. The summed E-state index contributed by atoms with van der Waals surface area (Å²) in [6.07, 6.45) is 2.14. The molecule has 0 aliphatic heterocycles. The van der Waals surface area contributed by atoms with Crippen molar-refractivity contribution in [2.75, 3.05) is 7.11 Å². The highest BCUT2D eigenvalue weighted by molar-refractivity contribution is 9.10. The summed E-state index contributed by atoms with van der Waals surface area (Å²) < 4.78 is 12.7. The van der Waals surface area contributed by atoms with Gasteiger partial charge in [-0.15, -0.1) is 0 Å². The van der Waals surface area contributed by atoms with Crippen molar-refractivity contribution < 1.29 is 9.47 Å². The minimum absolute atomic E-state index is 0.391. The molecule has 3 rings (SSSR count). The van der Waals surface area contributed by atoms with Crippen LogP contribution >= 0.6 is 15.9 Å². The normalized spacial score (nSPS) is 11.8. The Morgan fingerprint density at radius 1 is 0.931 bits per heavy atom. The maximum absolute atomic E-state index is 6.18. The second-order valence-corrected chi connectivity index (χ2v) is 8.09. The monoisotopic (exact) mass is 453 g/mol. The summed E-state index contributed by atoms with van der Waals surface area (Å²) in [6.45, 7) is 3.45. The van der Waals surface area contributed by atoms with E-state index in [1.54, 1.807) is 7.11 Å². The first-order valence-corrected chi connectivity index (χ1v) is 10.8. The second kappa shape index (κ2) is 11.0. The fourth-order valence-corrected chi connectivity index (χ4v) is 3.70. The fraction of sp³-hybridized carbons (Fsp3) is 0.280. The van der Waals surface area contributed by atoms with Gasteiger partial charge in [-0.1, -0.05) is 76.6 Å². The van der Waals surface area contributed by atoms with Crippen LogP contribution < -0.4 is 14.8 Å². The molecule has 3 aromatic carbocycles. The highest BCUT2D eigenvalue weighted by Gasteiger charge is 2.14. The minimum atomic E-state index is 0.391. The molecule has 1 unspecified atom stereocenters. The summed E-state index contributed by atoms with van der Waals surface area (Å²) in [5.74, 6) is 1.53. The second-order valence-electron chi connectivity index (χ2n) is 7.18. The smallest absolute Gasteiger partial charge is 0.166 e. The van der Waals surface area contributed by atoms with E-state index in [-0.39, 0.29) is 0 Å². The highest BCUT2D eigenvalue weighted by atomic mass is 79.9. The molecule has 152 valence electrons. The van der Waals surface area contributed by atoms with E-state index in [1.807, 2.05) is 24.3 Å². The van der Waals surface area contributed by atoms with Gasteiger partial charge in [-0.25, -0.2) is 0 Å². The standard InChI is InChI=1S/C25H28BrNO2/c1-19(13-14-20-9-5-3-6-10-20)27-17-22-15-23(26)16-24(28-2)25(22)29-18-21-11-7-4-8-12-21/h3-12,15-16,19,27H,13-14,17-18H2,1-2H3. The summed E-state index contributed by atoms with van der Waals surface area (Å²) in [5, 5.41) is 3.63. The molecule has 3 nitrogen and oxygen atoms in total. The van der Waals surface area contributed by atoms with Crippen molar-refractivity contribution in [3.05, 3.63) is 94.0 Å². The molecule has 0 aliphatic carbocycles. The van der Waals surface area contributed by atoms with Crippen LogP contribution in [0.1, 0.15) is 30.0 Å². The molecule has 0 aromatic heterocycles. The average molecular weight is 454 g/mol. The van der Waals surface area contributed by atoms with Crippen molar-refractivity contribution in [3.8, 4) is 11.5 Å². The van der Waals surface area contributed by atoms with Crippen LogP contribution in [0.5, 0.6) is 11.5 Å². The van der Waals surface area contributed by atoms with Gasteiger partial charge in [0.1, 0.15) is 6.61 Å². The Morgan fingerprint density at radius 3 is 2.24 bits per heavy atom. The first kappa shape index (κ1) is 21.4. The zero-order valence-electron chi connectivity index (χ0n) is 17.0. The van der Waals surface area contributed by atoms with Crippen LogP contribution in [0.15, 0.2) is 77.3 Å². The summed E-state index contributed by atoms with van der Waals surface area (Å²) in [6, 6.07) is 25.2. The van der Waals surface area contributed by atoms with E-state index in [1.165, 1.54) is 5.56 Å². The first-order valence-electron chi connectivity index (χ1n) is 9.96. The summed E-state index contributed by atoms with van der Waals surface area (Å²) in [7, 11) is 1.68. The number of nitrogens with one attached hydrogen (secondary N) is 1. The lowest BCUT2D eigenvalue weighted by Crippen LogP contribution is -2.26. The first-order chi connectivity index (χ1) is 14.2. The number of benzene rings is 3. The molecule has 0 fully saturated rings. The molecule has 1 N–H and O–H groups in total. The molecule has 0 aliphatic rings. The maximum atomic E-state index is 6.18. The van der Waals surface area contributed by atoms with Crippen LogP contribution in [0.3, 0.4) is 0 Å². The quantitative estimate of drug-likeness (QED) is 0.399. The fourth-order valence-electron chi connectivity index (χ4n) is 3.21. The molecule has 0 amide bonds. The van der Waals surface area contributed by atoms with Gasteiger partial charge in [0.15, 0.2) is 11.5 Å². The molecule has 0 saturated carbocycles. The number of hydrogen-bond acceptors (Lipinski definition) is 3. The van der Waals surface area contributed by atoms with E-state index < -0.39 is 0 Å². The third-order valence-electron chi connectivity index (χ3n) is 4.89. The Labute approximate surface area is 182 Å². The zero-order chi connectivity index (χ0) is 20.5. The van der Waals surface area contributed by atoms with E-state index >= 15 is 0 Å². The average Bonchev–Trinajstić information content (AvgIpc) is 2.76. The number of ether oxygens (including phenoxy) is 2. The zero-order valence-corrected chi connectivity index (χ0v) is 18.6.